The van der Waals surface area contributed by atoms with E-state index in [1.165, 1.54) is 6.07 Å². The lowest BCUT2D eigenvalue weighted by molar-refractivity contribution is -0.136. The number of anilines is 1. The van der Waals surface area contributed by atoms with Crippen molar-refractivity contribution in [1.82, 2.24) is 0 Å². The van der Waals surface area contributed by atoms with Gasteiger partial charge < -0.3 is 10.0 Å². The highest BCUT2D eigenvalue weighted by molar-refractivity contribution is 5.70. The summed E-state index contributed by atoms with van der Waals surface area (Å²) >= 11 is 0. The van der Waals surface area contributed by atoms with E-state index in [1.807, 2.05) is 11.9 Å². The van der Waals surface area contributed by atoms with Gasteiger partial charge in [-0.2, -0.15) is 0 Å². The Morgan fingerprint density at radius 3 is 2.71 bits per heavy atom. The Labute approximate surface area is 101 Å². The van der Waals surface area contributed by atoms with E-state index in [0.717, 1.165) is 19.4 Å². The van der Waals surface area contributed by atoms with Crippen LogP contribution in [0.1, 0.15) is 25.3 Å². The van der Waals surface area contributed by atoms with Crippen molar-refractivity contribution in [2.45, 2.75) is 26.2 Å². The SMILES string of the molecule is CCCCN(C)c1ccc(CC(=O)O)cc1F. The number of unbranched alkanes of at least 4 members (excludes halogenated alkanes) is 1. The molecule has 1 aromatic rings. The highest BCUT2D eigenvalue weighted by Crippen LogP contribution is 2.20. The topological polar surface area (TPSA) is 40.5 Å². The van der Waals surface area contributed by atoms with Gasteiger partial charge in [0, 0.05) is 13.6 Å². The summed E-state index contributed by atoms with van der Waals surface area (Å²) in [6, 6.07) is 4.60. The quantitative estimate of drug-likeness (QED) is 0.829. The summed E-state index contributed by atoms with van der Waals surface area (Å²) in [5, 5.41) is 8.62. The molecule has 0 heterocycles. The predicted octanol–water partition coefficient (Wildman–Crippen LogP) is 2.69. The van der Waals surface area contributed by atoms with Gasteiger partial charge in [0.25, 0.3) is 0 Å². The molecule has 0 unspecified atom stereocenters. The van der Waals surface area contributed by atoms with Gasteiger partial charge in [-0.15, -0.1) is 0 Å². The van der Waals surface area contributed by atoms with E-state index in [2.05, 4.69) is 6.92 Å². The fraction of sp³-hybridized carbons (Fsp3) is 0.462. The maximum atomic E-state index is 13.7. The molecule has 1 rings (SSSR count). The molecule has 0 aliphatic carbocycles. The monoisotopic (exact) mass is 239 g/mol. The molecule has 0 spiro atoms. The number of rotatable bonds is 6. The number of aliphatic carboxylic acids is 1. The highest BCUT2D eigenvalue weighted by atomic mass is 19.1. The lowest BCUT2D eigenvalue weighted by atomic mass is 10.1. The van der Waals surface area contributed by atoms with E-state index in [1.54, 1.807) is 12.1 Å². The number of carbonyl (C=O) groups is 1. The minimum absolute atomic E-state index is 0.143. The zero-order valence-corrected chi connectivity index (χ0v) is 10.2. The molecule has 0 aliphatic rings. The standard InChI is InChI=1S/C13H18FNO2/c1-3-4-7-15(2)12-6-5-10(8-11(12)14)9-13(16)17/h5-6,8H,3-4,7,9H2,1-2H3,(H,16,17). The molecule has 1 aromatic carbocycles. The normalized spacial score (nSPS) is 10.3. The average molecular weight is 239 g/mol. The second kappa shape index (κ2) is 6.23. The molecule has 3 nitrogen and oxygen atoms in total. The van der Waals surface area contributed by atoms with Gasteiger partial charge in [0.05, 0.1) is 12.1 Å². The zero-order chi connectivity index (χ0) is 12.8. The largest absolute Gasteiger partial charge is 0.481 e. The number of benzene rings is 1. The van der Waals surface area contributed by atoms with Crippen LogP contribution >= 0.6 is 0 Å². The van der Waals surface area contributed by atoms with E-state index in [0.29, 0.717) is 11.3 Å². The van der Waals surface area contributed by atoms with Crippen LogP contribution in [0.2, 0.25) is 0 Å². The Morgan fingerprint density at radius 2 is 2.18 bits per heavy atom. The Morgan fingerprint density at radius 1 is 1.47 bits per heavy atom. The maximum absolute atomic E-state index is 13.7. The van der Waals surface area contributed by atoms with Crippen molar-refractivity contribution in [3.8, 4) is 0 Å². The minimum Gasteiger partial charge on any atom is -0.481 e. The number of carboxylic acids is 1. The molecule has 0 atom stereocenters. The van der Waals surface area contributed by atoms with Gasteiger partial charge in [-0.05, 0) is 24.1 Å². The summed E-state index contributed by atoms with van der Waals surface area (Å²) in [4.78, 5) is 12.4. The molecule has 94 valence electrons. The molecule has 1 N–H and O–H groups in total. The lowest BCUT2D eigenvalue weighted by Crippen LogP contribution is -2.19. The van der Waals surface area contributed by atoms with Crippen molar-refractivity contribution < 1.29 is 14.3 Å². The molecule has 0 saturated carbocycles. The fourth-order valence-corrected chi connectivity index (χ4v) is 1.66. The molecule has 0 bridgehead atoms. The Kier molecular flexibility index (Phi) is 4.94. The van der Waals surface area contributed by atoms with Crippen LogP contribution < -0.4 is 4.90 Å². The second-order valence-corrected chi connectivity index (χ2v) is 4.13. The fourth-order valence-electron chi connectivity index (χ4n) is 1.66. The van der Waals surface area contributed by atoms with Crippen molar-refractivity contribution >= 4 is 11.7 Å². The van der Waals surface area contributed by atoms with Crippen molar-refractivity contribution in [3.63, 3.8) is 0 Å². The minimum atomic E-state index is -0.948. The third-order valence-electron chi connectivity index (χ3n) is 2.63. The first-order valence-electron chi connectivity index (χ1n) is 5.76. The molecule has 0 saturated heterocycles. The number of hydrogen-bond donors (Lipinski definition) is 1. The Balaban J connectivity index is 2.78. The summed E-state index contributed by atoms with van der Waals surface area (Å²) in [7, 11) is 1.84. The van der Waals surface area contributed by atoms with Crippen LogP contribution in [0.5, 0.6) is 0 Å². The highest BCUT2D eigenvalue weighted by Gasteiger charge is 2.09. The molecular formula is C13H18FNO2. The van der Waals surface area contributed by atoms with Crippen LogP contribution in [0.15, 0.2) is 18.2 Å². The van der Waals surface area contributed by atoms with Crippen LogP contribution in [0.25, 0.3) is 0 Å². The molecule has 0 amide bonds. The Bertz CT molecular complexity index is 393. The first-order valence-corrected chi connectivity index (χ1v) is 5.76. The van der Waals surface area contributed by atoms with Crippen LogP contribution in [0, 0.1) is 5.82 Å². The third kappa shape index (κ3) is 4.06. The Hall–Kier alpha value is -1.58. The first-order chi connectivity index (χ1) is 8.04. The molecule has 17 heavy (non-hydrogen) atoms. The van der Waals surface area contributed by atoms with Crippen molar-refractivity contribution in [3.05, 3.63) is 29.6 Å². The van der Waals surface area contributed by atoms with Crippen molar-refractivity contribution in [2.75, 3.05) is 18.5 Å². The molecular weight excluding hydrogens is 221 g/mol. The number of nitrogens with zero attached hydrogens (tertiary/aromatic N) is 1. The molecule has 0 aliphatic heterocycles. The molecule has 4 heteroatoms. The van der Waals surface area contributed by atoms with Crippen molar-refractivity contribution in [1.29, 1.82) is 0 Å². The number of carboxylic acid groups (broad SMARTS) is 1. The van der Waals surface area contributed by atoms with E-state index in [9.17, 15) is 9.18 Å². The summed E-state index contributed by atoms with van der Waals surface area (Å²) in [6.07, 6.45) is 1.92. The van der Waals surface area contributed by atoms with E-state index in [4.69, 9.17) is 5.11 Å². The van der Waals surface area contributed by atoms with Gasteiger partial charge in [0.15, 0.2) is 0 Å². The van der Waals surface area contributed by atoms with Gasteiger partial charge in [-0.25, -0.2) is 4.39 Å². The predicted molar refractivity (Wildman–Crippen MR) is 65.9 cm³/mol. The van der Waals surface area contributed by atoms with Crippen LogP contribution in [-0.4, -0.2) is 24.7 Å². The van der Waals surface area contributed by atoms with Gasteiger partial charge in [0.1, 0.15) is 5.82 Å². The number of halogens is 1. The van der Waals surface area contributed by atoms with E-state index >= 15 is 0 Å². The maximum Gasteiger partial charge on any atom is 0.307 e. The van der Waals surface area contributed by atoms with E-state index in [-0.39, 0.29) is 12.2 Å². The summed E-state index contributed by atoms with van der Waals surface area (Å²) < 4.78 is 13.7. The van der Waals surface area contributed by atoms with Gasteiger partial charge in [-0.1, -0.05) is 19.4 Å². The zero-order valence-electron chi connectivity index (χ0n) is 10.2. The molecule has 0 aromatic heterocycles. The van der Waals surface area contributed by atoms with Crippen LogP contribution in [0.3, 0.4) is 0 Å². The van der Waals surface area contributed by atoms with E-state index < -0.39 is 5.97 Å². The van der Waals surface area contributed by atoms with Crippen LogP contribution in [0.4, 0.5) is 10.1 Å². The summed E-state index contributed by atoms with van der Waals surface area (Å²) in [6.45, 7) is 2.88. The lowest BCUT2D eigenvalue weighted by Gasteiger charge is -2.19. The third-order valence-corrected chi connectivity index (χ3v) is 2.63. The van der Waals surface area contributed by atoms with Crippen LogP contribution in [-0.2, 0) is 11.2 Å². The van der Waals surface area contributed by atoms with Gasteiger partial charge in [0.2, 0.25) is 0 Å². The van der Waals surface area contributed by atoms with Crippen molar-refractivity contribution in [2.24, 2.45) is 0 Å². The number of hydrogen-bond acceptors (Lipinski definition) is 2. The molecule has 0 fully saturated rings. The average Bonchev–Trinajstić information content (AvgIpc) is 2.25. The van der Waals surface area contributed by atoms with Gasteiger partial charge >= 0.3 is 5.97 Å². The summed E-state index contributed by atoms with van der Waals surface area (Å²) in [5.41, 5.74) is 1.01. The van der Waals surface area contributed by atoms with Gasteiger partial charge in [-0.3, -0.25) is 4.79 Å². The first kappa shape index (κ1) is 13.5. The molecule has 0 radical (unpaired) electrons. The smallest absolute Gasteiger partial charge is 0.307 e. The second-order valence-electron chi connectivity index (χ2n) is 4.13. The summed E-state index contributed by atoms with van der Waals surface area (Å²) in [5.74, 6) is -1.31.